The van der Waals surface area contributed by atoms with Crippen LogP contribution in [0.1, 0.15) is 38.3 Å². The van der Waals surface area contributed by atoms with Crippen molar-refractivity contribution in [2.45, 2.75) is 46.8 Å². The molecule has 1 N–H and O–H groups in total. The largest absolute Gasteiger partial charge is 0.377 e. The minimum absolute atomic E-state index is 0.282. The summed E-state index contributed by atoms with van der Waals surface area (Å²) >= 11 is 0. The summed E-state index contributed by atoms with van der Waals surface area (Å²) in [5.41, 5.74) is 2.46. The standard InChI is InChI=1S/C16H29N3O/c1-6-7-17-11-15-10-14(4)16(18-12-15)19(5)8-9-20-13(2)3/h10,12-13,17H,6-9,11H2,1-5H3. The SMILES string of the molecule is CCCNCc1cnc(N(C)CCOC(C)C)c(C)c1. The van der Waals surface area contributed by atoms with E-state index < -0.39 is 0 Å². The van der Waals surface area contributed by atoms with Gasteiger partial charge in [0, 0.05) is 26.3 Å². The van der Waals surface area contributed by atoms with E-state index in [1.165, 1.54) is 11.1 Å². The number of nitrogens with one attached hydrogen (secondary N) is 1. The summed E-state index contributed by atoms with van der Waals surface area (Å²) in [5, 5.41) is 3.40. The van der Waals surface area contributed by atoms with Gasteiger partial charge in [-0.3, -0.25) is 0 Å². The van der Waals surface area contributed by atoms with Gasteiger partial charge < -0.3 is 15.0 Å². The first kappa shape index (κ1) is 16.9. The van der Waals surface area contributed by atoms with Crippen molar-refractivity contribution in [1.82, 2.24) is 10.3 Å². The van der Waals surface area contributed by atoms with Crippen LogP contribution in [-0.2, 0) is 11.3 Å². The molecule has 1 heterocycles. The van der Waals surface area contributed by atoms with Gasteiger partial charge in [-0.2, -0.15) is 0 Å². The van der Waals surface area contributed by atoms with E-state index in [-0.39, 0.29) is 6.10 Å². The fourth-order valence-electron chi connectivity index (χ4n) is 2.06. The molecule has 1 aromatic rings. The molecule has 0 amide bonds. The first-order valence-corrected chi connectivity index (χ1v) is 7.53. The first-order valence-electron chi connectivity index (χ1n) is 7.53. The number of aryl methyl sites for hydroxylation is 1. The second-order valence-electron chi connectivity index (χ2n) is 5.50. The number of ether oxygens (including phenoxy) is 1. The Hall–Kier alpha value is -1.13. The maximum Gasteiger partial charge on any atom is 0.131 e. The van der Waals surface area contributed by atoms with Crippen molar-refractivity contribution >= 4 is 5.82 Å². The van der Waals surface area contributed by atoms with Crippen molar-refractivity contribution in [2.24, 2.45) is 0 Å². The molecule has 4 nitrogen and oxygen atoms in total. The number of hydrogen-bond acceptors (Lipinski definition) is 4. The Morgan fingerprint density at radius 1 is 1.40 bits per heavy atom. The second-order valence-corrected chi connectivity index (χ2v) is 5.50. The zero-order chi connectivity index (χ0) is 15.0. The zero-order valence-corrected chi connectivity index (χ0v) is 13.6. The lowest BCUT2D eigenvalue weighted by molar-refractivity contribution is 0.0845. The molecule has 0 fully saturated rings. The van der Waals surface area contributed by atoms with Gasteiger partial charge in [0.2, 0.25) is 0 Å². The van der Waals surface area contributed by atoms with E-state index in [0.29, 0.717) is 0 Å². The van der Waals surface area contributed by atoms with Crippen molar-refractivity contribution in [3.05, 3.63) is 23.4 Å². The Kier molecular flexibility index (Phi) is 7.55. The number of hydrogen-bond donors (Lipinski definition) is 1. The summed E-state index contributed by atoms with van der Waals surface area (Å²) in [6.45, 7) is 11.9. The van der Waals surface area contributed by atoms with Gasteiger partial charge in [-0.05, 0) is 50.9 Å². The Morgan fingerprint density at radius 3 is 2.75 bits per heavy atom. The molecular weight excluding hydrogens is 250 g/mol. The summed E-state index contributed by atoms with van der Waals surface area (Å²) in [5.74, 6) is 1.04. The average molecular weight is 279 g/mol. The van der Waals surface area contributed by atoms with Crippen LogP contribution in [0, 0.1) is 6.92 Å². The molecule has 0 saturated heterocycles. The van der Waals surface area contributed by atoms with Crippen molar-refractivity contribution in [3.8, 4) is 0 Å². The number of likely N-dealkylation sites (N-methyl/N-ethyl adjacent to an activating group) is 1. The molecule has 114 valence electrons. The molecule has 20 heavy (non-hydrogen) atoms. The molecule has 0 aliphatic rings. The van der Waals surface area contributed by atoms with Crippen LogP contribution >= 0.6 is 0 Å². The molecular formula is C16H29N3O. The normalized spacial score (nSPS) is 11.1. The van der Waals surface area contributed by atoms with E-state index >= 15 is 0 Å². The van der Waals surface area contributed by atoms with Crippen LogP contribution in [0.3, 0.4) is 0 Å². The fourth-order valence-corrected chi connectivity index (χ4v) is 2.06. The van der Waals surface area contributed by atoms with Gasteiger partial charge in [-0.25, -0.2) is 4.98 Å². The lowest BCUT2D eigenvalue weighted by Gasteiger charge is -2.21. The van der Waals surface area contributed by atoms with Crippen molar-refractivity contribution in [3.63, 3.8) is 0 Å². The van der Waals surface area contributed by atoms with Crippen LogP contribution in [0.15, 0.2) is 12.3 Å². The maximum atomic E-state index is 5.58. The van der Waals surface area contributed by atoms with E-state index in [0.717, 1.165) is 38.5 Å². The minimum Gasteiger partial charge on any atom is -0.377 e. The topological polar surface area (TPSA) is 37.4 Å². The highest BCUT2D eigenvalue weighted by molar-refractivity contribution is 5.46. The molecule has 0 aliphatic carbocycles. The molecule has 1 aromatic heterocycles. The van der Waals surface area contributed by atoms with Crippen molar-refractivity contribution in [2.75, 3.05) is 31.6 Å². The quantitative estimate of drug-likeness (QED) is 0.705. The van der Waals surface area contributed by atoms with Gasteiger partial charge in [-0.15, -0.1) is 0 Å². The highest BCUT2D eigenvalue weighted by Crippen LogP contribution is 2.16. The molecule has 0 atom stereocenters. The molecule has 0 aromatic carbocycles. The van der Waals surface area contributed by atoms with E-state index in [9.17, 15) is 0 Å². The zero-order valence-electron chi connectivity index (χ0n) is 13.6. The minimum atomic E-state index is 0.282. The van der Waals surface area contributed by atoms with Crippen LogP contribution in [0.5, 0.6) is 0 Å². The van der Waals surface area contributed by atoms with E-state index in [1.54, 1.807) is 0 Å². The first-order chi connectivity index (χ1) is 9.54. The molecule has 1 rings (SSSR count). The van der Waals surface area contributed by atoms with Crippen LogP contribution < -0.4 is 10.2 Å². The number of anilines is 1. The molecule has 4 heteroatoms. The van der Waals surface area contributed by atoms with Crippen LogP contribution in [0.25, 0.3) is 0 Å². The average Bonchev–Trinajstić information content (AvgIpc) is 2.38. The monoisotopic (exact) mass is 279 g/mol. The summed E-state index contributed by atoms with van der Waals surface area (Å²) in [6, 6.07) is 2.21. The molecule has 0 radical (unpaired) electrons. The maximum absolute atomic E-state index is 5.58. The highest BCUT2D eigenvalue weighted by atomic mass is 16.5. The van der Waals surface area contributed by atoms with Crippen LogP contribution in [0.2, 0.25) is 0 Å². The lowest BCUT2D eigenvalue weighted by atomic mass is 10.2. The predicted molar refractivity (Wildman–Crippen MR) is 85.3 cm³/mol. The fraction of sp³-hybridized carbons (Fsp3) is 0.688. The van der Waals surface area contributed by atoms with Gasteiger partial charge in [-0.1, -0.05) is 6.92 Å². The van der Waals surface area contributed by atoms with Gasteiger partial charge in [0.05, 0.1) is 12.7 Å². The number of nitrogens with zero attached hydrogens (tertiary/aromatic N) is 2. The third-order valence-electron chi connectivity index (χ3n) is 3.10. The lowest BCUT2D eigenvalue weighted by Crippen LogP contribution is -2.25. The van der Waals surface area contributed by atoms with Gasteiger partial charge in [0.15, 0.2) is 0 Å². The number of pyridine rings is 1. The molecule has 0 bridgehead atoms. The summed E-state index contributed by atoms with van der Waals surface area (Å²) in [4.78, 5) is 6.74. The Morgan fingerprint density at radius 2 is 2.15 bits per heavy atom. The van der Waals surface area contributed by atoms with E-state index in [4.69, 9.17) is 4.74 Å². The number of aromatic nitrogens is 1. The third-order valence-corrected chi connectivity index (χ3v) is 3.10. The molecule has 0 saturated carbocycles. The third kappa shape index (κ3) is 5.88. The van der Waals surface area contributed by atoms with Crippen LogP contribution in [0.4, 0.5) is 5.82 Å². The second kappa shape index (κ2) is 8.93. The predicted octanol–water partition coefficient (Wildman–Crippen LogP) is 2.75. The molecule has 0 spiro atoms. The van der Waals surface area contributed by atoms with E-state index in [2.05, 4.69) is 56.0 Å². The van der Waals surface area contributed by atoms with Crippen molar-refractivity contribution < 1.29 is 4.74 Å². The molecule has 0 unspecified atom stereocenters. The van der Waals surface area contributed by atoms with Crippen LogP contribution in [-0.4, -0.2) is 37.8 Å². The number of rotatable bonds is 9. The highest BCUT2D eigenvalue weighted by Gasteiger charge is 2.07. The van der Waals surface area contributed by atoms with Gasteiger partial charge >= 0.3 is 0 Å². The summed E-state index contributed by atoms with van der Waals surface area (Å²) in [6.07, 6.45) is 3.40. The smallest absolute Gasteiger partial charge is 0.131 e. The van der Waals surface area contributed by atoms with E-state index in [1.807, 2.05) is 6.20 Å². The Labute approximate surface area is 123 Å². The summed E-state index contributed by atoms with van der Waals surface area (Å²) < 4.78 is 5.58. The summed E-state index contributed by atoms with van der Waals surface area (Å²) in [7, 11) is 2.06. The van der Waals surface area contributed by atoms with Gasteiger partial charge in [0.1, 0.15) is 5.82 Å². The molecule has 0 aliphatic heterocycles. The Bertz CT molecular complexity index is 393. The van der Waals surface area contributed by atoms with Crippen molar-refractivity contribution in [1.29, 1.82) is 0 Å². The Balaban J connectivity index is 2.53. The van der Waals surface area contributed by atoms with Gasteiger partial charge in [0.25, 0.3) is 0 Å².